The van der Waals surface area contributed by atoms with Gasteiger partial charge < -0.3 is 10.0 Å². The molecule has 0 spiro atoms. The molecule has 1 heterocycles. The first-order chi connectivity index (χ1) is 8.65. The van der Waals surface area contributed by atoms with Crippen LogP contribution in [0.1, 0.15) is 56.2 Å². The molecule has 1 atom stereocenters. The Morgan fingerprint density at radius 1 is 1.39 bits per heavy atom. The first kappa shape index (κ1) is 12.4. The lowest BCUT2D eigenvalue weighted by atomic mass is 10.0. The van der Waals surface area contributed by atoms with E-state index in [9.17, 15) is 5.11 Å². The average Bonchev–Trinajstić information content (AvgIpc) is 3.04. The largest absolute Gasteiger partial charge is 0.387 e. The predicted octanol–water partition coefficient (Wildman–Crippen LogP) is 3.14. The van der Waals surface area contributed by atoms with Crippen molar-refractivity contribution in [2.24, 2.45) is 5.92 Å². The highest BCUT2D eigenvalue weighted by Gasteiger charge is 2.29. The maximum Gasteiger partial charge on any atom is 0.186 e. The molecular formula is C14H22N2OS. The van der Waals surface area contributed by atoms with E-state index in [0.717, 1.165) is 42.6 Å². The quantitative estimate of drug-likeness (QED) is 0.909. The summed E-state index contributed by atoms with van der Waals surface area (Å²) in [7, 11) is 0. The molecule has 1 N–H and O–H groups in total. The predicted molar refractivity (Wildman–Crippen MR) is 75.2 cm³/mol. The number of aliphatic hydroxyl groups is 1. The summed E-state index contributed by atoms with van der Waals surface area (Å²) in [5, 5.41) is 11.1. The van der Waals surface area contributed by atoms with Crippen molar-refractivity contribution in [1.82, 2.24) is 4.98 Å². The second-order valence-corrected chi connectivity index (χ2v) is 6.96. The molecule has 1 saturated carbocycles. The summed E-state index contributed by atoms with van der Waals surface area (Å²) in [4.78, 5) is 8.46. The molecule has 3 rings (SSSR count). The summed E-state index contributed by atoms with van der Waals surface area (Å²) in [6.07, 6.45) is 5.49. The third-order valence-electron chi connectivity index (χ3n) is 3.93. The first-order valence-electron chi connectivity index (χ1n) is 7.09. The second kappa shape index (κ2) is 4.82. The molecule has 1 aromatic heterocycles. The van der Waals surface area contributed by atoms with Crippen LogP contribution in [-0.4, -0.2) is 22.7 Å². The minimum Gasteiger partial charge on any atom is -0.387 e. The molecule has 2 aliphatic rings. The highest BCUT2D eigenvalue weighted by molar-refractivity contribution is 7.15. The molecule has 3 nitrogen and oxygen atoms in total. The number of hydrogen-bond acceptors (Lipinski definition) is 4. The van der Waals surface area contributed by atoms with Gasteiger partial charge in [-0.15, -0.1) is 11.3 Å². The molecule has 18 heavy (non-hydrogen) atoms. The van der Waals surface area contributed by atoms with Crippen LogP contribution in [0.25, 0.3) is 0 Å². The number of rotatable bonds is 4. The Morgan fingerprint density at radius 2 is 2.17 bits per heavy atom. The van der Waals surface area contributed by atoms with E-state index in [1.54, 1.807) is 11.3 Å². The monoisotopic (exact) mass is 266 g/mol. The maximum atomic E-state index is 10.0. The van der Waals surface area contributed by atoms with Gasteiger partial charge in [0.1, 0.15) is 0 Å². The zero-order valence-electron chi connectivity index (χ0n) is 11.2. The van der Waals surface area contributed by atoms with E-state index in [-0.39, 0.29) is 6.10 Å². The van der Waals surface area contributed by atoms with Crippen LogP contribution in [0.4, 0.5) is 5.13 Å². The molecule has 0 aliphatic heterocycles. The van der Waals surface area contributed by atoms with Gasteiger partial charge in [-0.05, 0) is 51.9 Å². The van der Waals surface area contributed by atoms with Gasteiger partial charge in [-0.25, -0.2) is 4.98 Å². The molecule has 0 radical (unpaired) electrons. The molecular weight excluding hydrogens is 244 g/mol. The summed E-state index contributed by atoms with van der Waals surface area (Å²) >= 11 is 1.80. The number of fused-ring (bicyclic) bond motifs is 1. The van der Waals surface area contributed by atoms with Crippen molar-refractivity contribution in [2.75, 3.05) is 11.4 Å². The van der Waals surface area contributed by atoms with E-state index < -0.39 is 0 Å². The molecule has 1 unspecified atom stereocenters. The molecule has 1 fully saturated rings. The highest BCUT2D eigenvalue weighted by Crippen LogP contribution is 2.39. The molecule has 0 amide bonds. The summed E-state index contributed by atoms with van der Waals surface area (Å²) < 4.78 is 0. The molecule has 0 saturated heterocycles. The minimum absolute atomic E-state index is 0.325. The van der Waals surface area contributed by atoms with E-state index in [2.05, 4.69) is 18.7 Å². The Balaban J connectivity index is 1.84. The van der Waals surface area contributed by atoms with Gasteiger partial charge in [0.2, 0.25) is 0 Å². The second-order valence-electron chi connectivity index (χ2n) is 5.90. The summed E-state index contributed by atoms with van der Waals surface area (Å²) in [6, 6.07) is 0.496. The van der Waals surface area contributed by atoms with E-state index in [0.29, 0.717) is 6.04 Å². The van der Waals surface area contributed by atoms with Gasteiger partial charge in [0.15, 0.2) is 5.13 Å². The number of anilines is 1. The van der Waals surface area contributed by atoms with Crippen LogP contribution in [0.5, 0.6) is 0 Å². The van der Waals surface area contributed by atoms with Gasteiger partial charge in [0, 0.05) is 17.5 Å². The van der Waals surface area contributed by atoms with Crippen molar-refractivity contribution in [3.63, 3.8) is 0 Å². The van der Waals surface area contributed by atoms with Gasteiger partial charge in [-0.1, -0.05) is 0 Å². The number of nitrogens with zero attached hydrogens (tertiary/aromatic N) is 2. The fourth-order valence-corrected chi connectivity index (χ4v) is 3.89. The van der Waals surface area contributed by atoms with Gasteiger partial charge in [0.25, 0.3) is 0 Å². The van der Waals surface area contributed by atoms with Crippen LogP contribution in [-0.2, 0) is 6.42 Å². The zero-order valence-corrected chi connectivity index (χ0v) is 12.0. The fourth-order valence-electron chi connectivity index (χ4n) is 2.59. The highest BCUT2D eigenvalue weighted by atomic mass is 32.1. The van der Waals surface area contributed by atoms with Gasteiger partial charge in [0.05, 0.1) is 11.8 Å². The van der Waals surface area contributed by atoms with E-state index in [1.807, 2.05) is 0 Å². The van der Waals surface area contributed by atoms with Crippen LogP contribution >= 0.6 is 11.3 Å². The van der Waals surface area contributed by atoms with Crippen molar-refractivity contribution in [2.45, 2.75) is 58.1 Å². The van der Waals surface area contributed by atoms with Gasteiger partial charge in [-0.3, -0.25) is 0 Å². The van der Waals surface area contributed by atoms with Crippen LogP contribution in [0.3, 0.4) is 0 Å². The van der Waals surface area contributed by atoms with Crippen molar-refractivity contribution < 1.29 is 5.11 Å². The van der Waals surface area contributed by atoms with Gasteiger partial charge in [-0.2, -0.15) is 0 Å². The lowest BCUT2D eigenvalue weighted by molar-refractivity contribution is 0.153. The molecule has 1 aromatic rings. The first-order valence-corrected chi connectivity index (χ1v) is 7.91. The van der Waals surface area contributed by atoms with Crippen LogP contribution in [0.15, 0.2) is 0 Å². The standard InChI is InChI=1S/C14H22N2OS/c1-9(2)16(8-10-6-7-10)14-15-13-11(17)4-3-5-12(13)18-14/h9-11,17H,3-8H2,1-2H3. The zero-order chi connectivity index (χ0) is 12.7. The average molecular weight is 266 g/mol. The smallest absolute Gasteiger partial charge is 0.186 e. The van der Waals surface area contributed by atoms with Crippen molar-refractivity contribution in [3.05, 3.63) is 10.6 Å². The summed E-state index contributed by atoms with van der Waals surface area (Å²) in [5.74, 6) is 0.873. The SMILES string of the molecule is CC(C)N(CC1CC1)c1nc2c(s1)CCCC2O. The van der Waals surface area contributed by atoms with Crippen molar-refractivity contribution in [1.29, 1.82) is 0 Å². The third kappa shape index (κ3) is 2.41. The molecule has 0 bridgehead atoms. The van der Waals surface area contributed by atoms with Crippen molar-refractivity contribution >= 4 is 16.5 Å². The third-order valence-corrected chi connectivity index (χ3v) is 5.10. The fraction of sp³-hybridized carbons (Fsp3) is 0.786. The van der Waals surface area contributed by atoms with Crippen LogP contribution in [0.2, 0.25) is 0 Å². The van der Waals surface area contributed by atoms with E-state index in [4.69, 9.17) is 4.98 Å². The van der Waals surface area contributed by atoms with Crippen molar-refractivity contribution in [3.8, 4) is 0 Å². The number of aliphatic hydroxyl groups excluding tert-OH is 1. The molecule has 2 aliphatic carbocycles. The Bertz CT molecular complexity index is 425. The maximum absolute atomic E-state index is 10.0. The Labute approximate surface area is 113 Å². The number of thiazole rings is 1. The normalized spacial score (nSPS) is 23.2. The molecule has 0 aromatic carbocycles. The molecule has 100 valence electrons. The number of hydrogen-bond donors (Lipinski definition) is 1. The minimum atomic E-state index is -0.325. The Hall–Kier alpha value is -0.610. The Kier molecular flexibility index (Phi) is 3.32. The molecule has 4 heteroatoms. The van der Waals surface area contributed by atoms with Gasteiger partial charge >= 0.3 is 0 Å². The topological polar surface area (TPSA) is 36.4 Å². The van der Waals surface area contributed by atoms with E-state index in [1.165, 1.54) is 17.7 Å². The van der Waals surface area contributed by atoms with Crippen LogP contribution < -0.4 is 4.90 Å². The summed E-state index contributed by atoms with van der Waals surface area (Å²) in [6.45, 7) is 5.61. The number of aromatic nitrogens is 1. The van der Waals surface area contributed by atoms with E-state index >= 15 is 0 Å². The lowest BCUT2D eigenvalue weighted by Crippen LogP contribution is -2.32. The lowest BCUT2D eigenvalue weighted by Gasteiger charge is -2.26. The Morgan fingerprint density at radius 3 is 2.78 bits per heavy atom. The van der Waals surface area contributed by atoms with Crippen LogP contribution in [0, 0.1) is 5.92 Å². The summed E-state index contributed by atoms with van der Waals surface area (Å²) in [5.41, 5.74) is 0.961. The number of aryl methyl sites for hydroxylation is 1.